The first kappa shape index (κ1) is 36.7. The zero-order valence-electron chi connectivity index (χ0n) is 37.1. The average molecular weight is 983 g/mol. The van der Waals surface area contributed by atoms with E-state index in [1.807, 2.05) is 128 Å². The van der Waals surface area contributed by atoms with Gasteiger partial charge < -0.3 is 5.11 Å². The number of para-hydroxylation sites is 1. The Morgan fingerprint density at radius 3 is 1.84 bits per heavy atom. The van der Waals surface area contributed by atoms with E-state index in [2.05, 4.69) is 84.9 Å². The molecule has 0 unspecified atom stereocenters. The van der Waals surface area contributed by atoms with E-state index in [4.69, 9.17) is 14.1 Å². The normalized spacial score (nSPS) is 12.0. The van der Waals surface area contributed by atoms with Gasteiger partial charge in [-0.3, -0.25) is 9.55 Å². The zero-order valence-corrected chi connectivity index (χ0v) is 36.4. The Labute approximate surface area is 381 Å². The molecule has 0 aliphatic carbocycles. The molecule has 2 aromatic heterocycles. The van der Waals surface area contributed by atoms with Crippen LogP contribution in [0.3, 0.4) is 0 Å². The molecule has 0 radical (unpaired) electrons. The molecule has 0 bridgehead atoms. The molecular formula is C57H42N3OPt-. The van der Waals surface area contributed by atoms with Crippen LogP contribution in [0.15, 0.2) is 194 Å². The Morgan fingerprint density at radius 1 is 0.516 bits per heavy atom. The van der Waals surface area contributed by atoms with Crippen molar-refractivity contribution < 1.29 is 30.3 Å². The minimum absolute atomic E-state index is 0. The van der Waals surface area contributed by atoms with Crippen LogP contribution in [-0.2, 0) is 21.1 Å². The maximum atomic E-state index is 11.7. The van der Waals surface area contributed by atoms with Crippen LogP contribution in [0, 0.1) is 26.8 Å². The zero-order chi connectivity index (χ0) is 44.0. The summed E-state index contributed by atoms with van der Waals surface area (Å²) >= 11 is 0. The molecule has 0 amide bonds. The fourth-order valence-electron chi connectivity index (χ4n) is 8.32. The van der Waals surface area contributed by atoms with Crippen molar-refractivity contribution in [2.24, 2.45) is 0 Å². The maximum absolute atomic E-state index is 11.7. The van der Waals surface area contributed by atoms with Crippen molar-refractivity contribution in [2.75, 3.05) is 0 Å². The van der Waals surface area contributed by atoms with E-state index in [-0.39, 0.29) is 32.4 Å². The third kappa shape index (κ3) is 7.70. The first-order valence-corrected chi connectivity index (χ1v) is 20.4. The summed E-state index contributed by atoms with van der Waals surface area (Å²) in [5, 5.41) is 11.7. The number of phenolic OH excluding ortho intramolecular Hbond substituents is 1. The van der Waals surface area contributed by atoms with Gasteiger partial charge in [-0.25, -0.2) is 4.98 Å². The van der Waals surface area contributed by atoms with Crippen molar-refractivity contribution in [3.8, 4) is 89.7 Å². The molecule has 0 atom stereocenters. The van der Waals surface area contributed by atoms with Gasteiger partial charge in [-0.05, 0) is 107 Å². The number of aryl methyl sites for hydroxylation is 3. The Kier molecular flexibility index (Phi) is 10.1. The summed E-state index contributed by atoms with van der Waals surface area (Å²) in [5.41, 5.74) is 15.6. The first-order valence-electron chi connectivity index (χ1n) is 21.9. The van der Waals surface area contributed by atoms with Crippen LogP contribution in [0.2, 0.25) is 0 Å². The van der Waals surface area contributed by atoms with Crippen LogP contribution in [0.25, 0.3) is 95.0 Å². The van der Waals surface area contributed by atoms with E-state index in [9.17, 15) is 5.11 Å². The van der Waals surface area contributed by atoms with Gasteiger partial charge in [-0.15, -0.1) is 23.8 Å². The topological polar surface area (TPSA) is 50.9 Å². The Morgan fingerprint density at radius 2 is 1.15 bits per heavy atom. The van der Waals surface area contributed by atoms with Crippen LogP contribution in [0.5, 0.6) is 5.75 Å². The molecule has 1 N–H and O–H groups in total. The smallest absolute Gasteiger partial charge is 0.148 e. The third-order valence-corrected chi connectivity index (χ3v) is 11.3. The minimum atomic E-state index is -2.41. The van der Waals surface area contributed by atoms with E-state index in [1.54, 1.807) is 6.07 Å². The molecule has 5 heteroatoms. The quantitative estimate of drug-likeness (QED) is 0.154. The van der Waals surface area contributed by atoms with Gasteiger partial charge in [0.05, 0.1) is 16.6 Å². The third-order valence-electron chi connectivity index (χ3n) is 11.3. The van der Waals surface area contributed by atoms with Crippen LogP contribution in [0.4, 0.5) is 0 Å². The summed E-state index contributed by atoms with van der Waals surface area (Å²) in [6, 6.07) is 66.4. The van der Waals surface area contributed by atoms with E-state index >= 15 is 0 Å². The second-order valence-corrected chi connectivity index (χ2v) is 15.5. The molecule has 0 aliphatic rings. The Balaban J connectivity index is 0.00000533. The Bertz CT molecular complexity index is 3330. The van der Waals surface area contributed by atoms with Crippen molar-refractivity contribution >= 4 is 11.0 Å². The number of nitrogens with zero attached hydrogens (tertiary/aromatic N) is 3. The van der Waals surface area contributed by atoms with Crippen molar-refractivity contribution in [1.29, 1.82) is 0 Å². The molecule has 0 fully saturated rings. The molecule has 0 saturated carbocycles. The van der Waals surface area contributed by atoms with Gasteiger partial charge in [0.1, 0.15) is 11.6 Å². The number of benzene rings is 8. The molecule has 10 aromatic rings. The number of hydrogen-bond acceptors (Lipinski definition) is 3. The maximum Gasteiger partial charge on any atom is 0.148 e. The summed E-state index contributed by atoms with van der Waals surface area (Å²) < 4.78 is 27.9. The largest absolute Gasteiger partial charge is 0.507 e. The molecule has 8 aromatic carbocycles. The summed E-state index contributed by atoms with van der Waals surface area (Å²) in [6.45, 7) is 1.45. The molecule has 0 aliphatic heterocycles. The van der Waals surface area contributed by atoms with E-state index in [0.717, 1.165) is 66.8 Å². The van der Waals surface area contributed by atoms with Gasteiger partial charge >= 0.3 is 0 Å². The van der Waals surface area contributed by atoms with E-state index in [1.165, 1.54) is 5.56 Å². The molecular weight excluding hydrogens is 938 g/mol. The number of aromatic hydroxyl groups is 1. The summed E-state index contributed by atoms with van der Waals surface area (Å²) in [6.07, 6.45) is 1.85. The molecule has 302 valence electrons. The standard InChI is InChI=1S/C57H42N3O.Pt/c1-37-30-39(3)56(61)52(31-37)57-59-55-51(20-13-21-54(55)60(57)49-26-27-50(38(2)32-49)44-18-11-6-12-19-44)47-33-46(41-16-9-5-10-17-41)34-48(35-47)53-36-45(28-29-58-53)43-24-22-42(23-25-43)40-14-7-4-8-15-40;/h4-34,36,61H,1-3H3;/q-1;/i2D3;. The molecule has 0 spiro atoms. The summed E-state index contributed by atoms with van der Waals surface area (Å²) in [7, 11) is 0. The van der Waals surface area contributed by atoms with Gasteiger partial charge in [0, 0.05) is 42.8 Å². The molecule has 4 nitrogen and oxygen atoms in total. The average Bonchev–Trinajstić information content (AvgIpc) is 3.73. The number of imidazole rings is 1. The number of aromatic nitrogens is 3. The summed E-state index contributed by atoms with van der Waals surface area (Å²) in [4.78, 5) is 10.3. The van der Waals surface area contributed by atoms with Crippen molar-refractivity contribution in [1.82, 2.24) is 14.5 Å². The van der Waals surface area contributed by atoms with Gasteiger partial charge in [-0.2, -0.15) is 0 Å². The minimum Gasteiger partial charge on any atom is -0.507 e. The van der Waals surface area contributed by atoms with Crippen LogP contribution in [0.1, 0.15) is 20.8 Å². The molecule has 0 saturated heterocycles. The van der Waals surface area contributed by atoms with Crippen molar-refractivity contribution in [3.05, 3.63) is 217 Å². The van der Waals surface area contributed by atoms with Gasteiger partial charge in [0.2, 0.25) is 0 Å². The molecule has 62 heavy (non-hydrogen) atoms. The number of phenols is 1. The van der Waals surface area contributed by atoms with Crippen molar-refractivity contribution in [3.63, 3.8) is 0 Å². The predicted octanol–water partition coefficient (Wildman–Crippen LogP) is 14.5. The fourth-order valence-corrected chi connectivity index (χ4v) is 8.32. The number of fused-ring (bicyclic) bond motifs is 1. The second kappa shape index (κ2) is 17.1. The monoisotopic (exact) mass is 982 g/mol. The SMILES string of the molecule is [2H]C([2H])([2H])c1cc(-n2c(-c3cc(C)cc(C)c3O)nc3c(-c4[c-]c(-c5cc(-c6ccc(-c7ccccc7)cc6)ccn5)cc(-c5ccccc5)c4)cccc32)ccc1-c1ccccc1.[Pt]. The molecule has 10 rings (SSSR count). The predicted molar refractivity (Wildman–Crippen MR) is 252 cm³/mol. The van der Waals surface area contributed by atoms with Crippen LogP contribution < -0.4 is 0 Å². The number of hydrogen-bond donors (Lipinski definition) is 1. The van der Waals surface area contributed by atoms with Gasteiger partial charge in [0.25, 0.3) is 0 Å². The number of pyridine rings is 1. The fraction of sp³-hybridized carbons (Fsp3) is 0.0526. The molecule has 2 heterocycles. The van der Waals surface area contributed by atoms with Crippen molar-refractivity contribution in [2.45, 2.75) is 20.7 Å². The van der Waals surface area contributed by atoms with E-state index in [0.29, 0.717) is 33.7 Å². The van der Waals surface area contributed by atoms with Gasteiger partial charge in [0.15, 0.2) is 0 Å². The summed E-state index contributed by atoms with van der Waals surface area (Å²) in [5.74, 6) is 0.601. The second-order valence-electron chi connectivity index (χ2n) is 15.5. The number of rotatable bonds is 8. The first-order chi connectivity index (χ1) is 31.1. The van der Waals surface area contributed by atoms with Crippen LogP contribution in [-0.4, -0.2) is 19.6 Å². The Hall–Kier alpha value is -7.13. The van der Waals surface area contributed by atoms with Crippen LogP contribution >= 0.6 is 0 Å². The van der Waals surface area contributed by atoms with E-state index < -0.39 is 6.85 Å². The van der Waals surface area contributed by atoms with Gasteiger partial charge in [-0.1, -0.05) is 162 Å².